The number of likely N-dealkylation sites (tertiary alicyclic amines) is 1. The van der Waals surface area contributed by atoms with Crippen molar-refractivity contribution in [2.24, 2.45) is 11.8 Å². The van der Waals surface area contributed by atoms with E-state index in [-0.39, 0.29) is 29.8 Å². The second kappa shape index (κ2) is 6.84. The zero-order valence-electron chi connectivity index (χ0n) is 16.2. The van der Waals surface area contributed by atoms with Crippen LogP contribution < -0.4 is 10.6 Å². The number of hydrogen-bond donors (Lipinski definition) is 2. The number of benzene rings is 1. The molecule has 3 N–H and O–H groups in total. The molecule has 150 valence electrons. The molecule has 3 heterocycles. The first-order valence-corrected chi connectivity index (χ1v) is 11.1. The zero-order chi connectivity index (χ0) is 20.2. The van der Waals surface area contributed by atoms with Gasteiger partial charge in [0, 0.05) is 18.0 Å². The number of thioether (sulfide) groups is 1. The largest absolute Gasteiger partial charge is 0.326 e. The summed E-state index contributed by atoms with van der Waals surface area (Å²) in [5.41, 5.74) is -0.277. The normalized spacial score (nSPS) is 32.1. The lowest BCUT2D eigenvalue weighted by molar-refractivity contribution is -0.733. The van der Waals surface area contributed by atoms with Crippen LogP contribution in [0.1, 0.15) is 32.3 Å². The SMILES string of the molecule is CC[C@@H](C)N1C(=O)[C@H]2[C@@H](C1=O)[C@@]1([NH2+][C@@H]2CCSC)C(=O)Nc2ccc(F)cc21. The molecule has 2 saturated heterocycles. The Morgan fingerprint density at radius 2 is 2.07 bits per heavy atom. The van der Waals surface area contributed by atoms with Gasteiger partial charge in [0.1, 0.15) is 23.7 Å². The molecule has 4 rings (SSSR count). The number of quaternary nitrogens is 1. The van der Waals surface area contributed by atoms with E-state index in [1.165, 1.54) is 23.1 Å². The molecule has 6 nitrogen and oxygen atoms in total. The van der Waals surface area contributed by atoms with Gasteiger partial charge < -0.3 is 10.6 Å². The lowest BCUT2D eigenvalue weighted by atomic mass is 9.76. The van der Waals surface area contributed by atoms with Gasteiger partial charge in [0.05, 0.1) is 5.69 Å². The molecule has 3 aliphatic heterocycles. The molecule has 2 fully saturated rings. The van der Waals surface area contributed by atoms with Crippen molar-refractivity contribution < 1.29 is 24.1 Å². The molecule has 5 atom stereocenters. The van der Waals surface area contributed by atoms with Crippen molar-refractivity contribution in [2.45, 2.75) is 44.3 Å². The minimum atomic E-state index is -1.28. The Morgan fingerprint density at radius 1 is 1.32 bits per heavy atom. The summed E-state index contributed by atoms with van der Waals surface area (Å²) in [4.78, 5) is 41.2. The smallest absolute Gasteiger partial charge is 0.291 e. The number of anilines is 1. The Morgan fingerprint density at radius 3 is 2.75 bits per heavy atom. The van der Waals surface area contributed by atoms with Crippen LogP contribution in [-0.4, -0.2) is 46.7 Å². The van der Waals surface area contributed by atoms with Crippen molar-refractivity contribution in [2.75, 3.05) is 17.3 Å². The van der Waals surface area contributed by atoms with Gasteiger partial charge in [0.2, 0.25) is 17.4 Å². The molecule has 3 aliphatic rings. The van der Waals surface area contributed by atoms with E-state index in [2.05, 4.69) is 5.32 Å². The number of rotatable bonds is 5. The molecule has 1 aromatic carbocycles. The summed E-state index contributed by atoms with van der Waals surface area (Å²) < 4.78 is 14.1. The van der Waals surface area contributed by atoms with Crippen molar-refractivity contribution in [3.05, 3.63) is 29.6 Å². The quantitative estimate of drug-likeness (QED) is 0.717. The maximum atomic E-state index is 14.1. The summed E-state index contributed by atoms with van der Waals surface area (Å²) >= 11 is 1.67. The minimum Gasteiger partial charge on any atom is -0.326 e. The molecule has 1 aromatic rings. The predicted octanol–water partition coefficient (Wildman–Crippen LogP) is 1.07. The number of amides is 3. The molecular weight excluding hydrogens is 381 g/mol. The Kier molecular flexibility index (Phi) is 4.74. The maximum Gasteiger partial charge on any atom is 0.291 e. The van der Waals surface area contributed by atoms with Crippen molar-refractivity contribution in [3.8, 4) is 0 Å². The van der Waals surface area contributed by atoms with Gasteiger partial charge in [0.15, 0.2) is 0 Å². The molecule has 0 unspecified atom stereocenters. The Bertz CT molecular complexity index is 863. The average Bonchev–Trinajstić information content (AvgIpc) is 3.25. The Balaban J connectivity index is 1.86. The molecule has 8 heteroatoms. The van der Waals surface area contributed by atoms with Gasteiger partial charge in [0.25, 0.3) is 5.91 Å². The van der Waals surface area contributed by atoms with Crippen LogP contribution in [0.3, 0.4) is 0 Å². The maximum absolute atomic E-state index is 14.1. The summed E-state index contributed by atoms with van der Waals surface area (Å²) in [6.45, 7) is 3.78. The van der Waals surface area contributed by atoms with Gasteiger partial charge in [-0.2, -0.15) is 11.8 Å². The lowest BCUT2D eigenvalue weighted by Gasteiger charge is -2.28. The molecular formula is C20H25FN3O3S+. The number of fused-ring (bicyclic) bond motifs is 4. The highest BCUT2D eigenvalue weighted by atomic mass is 32.2. The highest BCUT2D eigenvalue weighted by Gasteiger charge is 2.74. The van der Waals surface area contributed by atoms with Crippen LogP contribution in [0, 0.1) is 17.7 Å². The van der Waals surface area contributed by atoms with E-state index >= 15 is 0 Å². The van der Waals surface area contributed by atoms with Gasteiger partial charge in [-0.15, -0.1) is 0 Å². The summed E-state index contributed by atoms with van der Waals surface area (Å²) in [6.07, 6.45) is 3.35. The second-order valence-corrected chi connectivity index (χ2v) is 8.92. The standard InChI is InChI=1S/C20H24FN3O3S/c1-4-10(2)24-17(25)15-14(7-8-28-3)23-20(16(15)18(24)26)12-9-11(21)5-6-13(12)22-19(20)27/h5-6,9-10,14-16,23H,4,7-8H2,1-3H3,(H,22,27)/p+1/t10-,14-,15-,16+,20-/m1/s1. The van der Waals surface area contributed by atoms with Crippen LogP contribution in [0.4, 0.5) is 10.1 Å². The van der Waals surface area contributed by atoms with Crippen molar-refractivity contribution in [1.82, 2.24) is 4.90 Å². The van der Waals surface area contributed by atoms with Gasteiger partial charge in [-0.05, 0) is 43.6 Å². The number of carbonyl (C=O) groups excluding carboxylic acids is 3. The van der Waals surface area contributed by atoms with Gasteiger partial charge in [-0.25, -0.2) is 4.39 Å². The van der Waals surface area contributed by atoms with E-state index < -0.39 is 23.2 Å². The number of imide groups is 1. The molecule has 1 spiro atoms. The fourth-order valence-corrected chi connectivity index (χ4v) is 5.60. The van der Waals surface area contributed by atoms with Crippen molar-refractivity contribution in [1.29, 1.82) is 0 Å². The topological polar surface area (TPSA) is 83.1 Å². The second-order valence-electron chi connectivity index (χ2n) is 7.93. The van der Waals surface area contributed by atoms with Crippen LogP contribution in [0.15, 0.2) is 18.2 Å². The third kappa shape index (κ3) is 2.47. The third-order valence-electron chi connectivity index (χ3n) is 6.55. The summed E-state index contributed by atoms with van der Waals surface area (Å²) in [7, 11) is 0. The summed E-state index contributed by atoms with van der Waals surface area (Å²) in [5.74, 6) is -1.83. The Hall–Kier alpha value is -1.93. The first-order valence-electron chi connectivity index (χ1n) is 9.70. The predicted molar refractivity (Wildman–Crippen MR) is 104 cm³/mol. The lowest BCUT2D eigenvalue weighted by Crippen LogP contribution is -2.99. The van der Waals surface area contributed by atoms with Crippen molar-refractivity contribution in [3.63, 3.8) is 0 Å². The fraction of sp³-hybridized carbons (Fsp3) is 0.550. The monoisotopic (exact) mass is 406 g/mol. The number of nitrogens with one attached hydrogen (secondary N) is 1. The first-order chi connectivity index (χ1) is 13.4. The molecule has 0 aliphatic carbocycles. The zero-order valence-corrected chi connectivity index (χ0v) is 17.0. The molecule has 3 amide bonds. The van der Waals surface area contributed by atoms with E-state index in [0.29, 0.717) is 24.1 Å². The van der Waals surface area contributed by atoms with E-state index in [1.807, 2.05) is 25.4 Å². The molecule has 28 heavy (non-hydrogen) atoms. The van der Waals surface area contributed by atoms with Gasteiger partial charge in [-0.1, -0.05) is 6.92 Å². The van der Waals surface area contributed by atoms with Gasteiger partial charge in [-0.3, -0.25) is 19.3 Å². The van der Waals surface area contributed by atoms with E-state index in [1.54, 1.807) is 11.8 Å². The highest BCUT2D eigenvalue weighted by molar-refractivity contribution is 7.98. The Labute approximate surface area is 167 Å². The average molecular weight is 407 g/mol. The highest BCUT2D eigenvalue weighted by Crippen LogP contribution is 2.50. The minimum absolute atomic E-state index is 0.192. The van der Waals surface area contributed by atoms with E-state index in [0.717, 1.165) is 5.75 Å². The molecule has 0 saturated carbocycles. The number of hydrogen-bond acceptors (Lipinski definition) is 4. The number of nitrogens with zero attached hydrogens (tertiary/aromatic N) is 1. The van der Waals surface area contributed by atoms with Crippen LogP contribution in [-0.2, 0) is 19.9 Å². The molecule has 0 radical (unpaired) electrons. The van der Waals surface area contributed by atoms with Crippen LogP contribution in [0.25, 0.3) is 0 Å². The third-order valence-corrected chi connectivity index (χ3v) is 7.20. The molecule has 0 bridgehead atoms. The first kappa shape index (κ1) is 19.4. The fourth-order valence-electron chi connectivity index (χ4n) is 5.09. The number of nitrogens with two attached hydrogens (primary N) is 1. The van der Waals surface area contributed by atoms with Crippen LogP contribution >= 0.6 is 11.8 Å². The molecule has 0 aromatic heterocycles. The number of carbonyl (C=O) groups is 3. The van der Waals surface area contributed by atoms with Crippen LogP contribution in [0.5, 0.6) is 0 Å². The van der Waals surface area contributed by atoms with Gasteiger partial charge >= 0.3 is 0 Å². The summed E-state index contributed by atoms with van der Waals surface area (Å²) in [5, 5.41) is 4.68. The van der Waals surface area contributed by atoms with Crippen molar-refractivity contribution >= 4 is 35.2 Å². The van der Waals surface area contributed by atoms with E-state index in [4.69, 9.17) is 0 Å². The van der Waals surface area contributed by atoms with E-state index in [9.17, 15) is 18.8 Å². The number of halogens is 1. The summed E-state index contributed by atoms with van der Waals surface area (Å²) in [6, 6.07) is 3.75. The van der Waals surface area contributed by atoms with Crippen LogP contribution in [0.2, 0.25) is 0 Å².